The molecule has 0 spiro atoms. The molecule has 1 aliphatic rings. The fraction of sp³-hybridized carbons (Fsp3) is 0.150. The number of thioether (sulfide) groups is 1. The van der Waals surface area contributed by atoms with Crippen molar-refractivity contribution < 1.29 is 9.59 Å². The number of hydrogen-bond donors (Lipinski definition) is 0. The summed E-state index contributed by atoms with van der Waals surface area (Å²) in [7, 11) is 1.70. The van der Waals surface area contributed by atoms with Crippen LogP contribution in [-0.2, 0) is 16.1 Å². The Morgan fingerprint density at radius 3 is 2.59 bits per heavy atom. The molecule has 0 radical (unpaired) electrons. The van der Waals surface area contributed by atoms with Crippen molar-refractivity contribution in [3.05, 3.63) is 81.1 Å². The fourth-order valence-electron chi connectivity index (χ4n) is 2.68. The molecule has 2 amide bonds. The van der Waals surface area contributed by atoms with Gasteiger partial charge in [0.25, 0.3) is 5.91 Å². The maximum atomic E-state index is 12.7. The van der Waals surface area contributed by atoms with Crippen molar-refractivity contribution in [2.45, 2.75) is 6.54 Å². The van der Waals surface area contributed by atoms with Gasteiger partial charge in [0, 0.05) is 24.2 Å². The number of amides is 2. The minimum atomic E-state index is -0.291. The average molecular weight is 424 g/mol. The van der Waals surface area contributed by atoms with E-state index in [1.807, 2.05) is 30.3 Å². The molecule has 9 heteroatoms. The summed E-state index contributed by atoms with van der Waals surface area (Å²) in [5, 5.41) is 3.51. The lowest BCUT2D eigenvalue weighted by molar-refractivity contribution is -0.134. The zero-order valence-electron chi connectivity index (χ0n) is 15.6. The summed E-state index contributed by atoms with van der Waals surface area (Å²) >= 11 is 6.47. The SMILES string of the molecule is CN(Cc1ccccc1)C(=O)CN1C(=O)C(=Cc2ccc(N=[N+]=[N-])cc2)SC1=S. The number of likely N-dealkylation sites (N-methyl/N-ethyl adjacent to an activating group) is 1. The van der Waals surface area contributed by atoms with Crippen LogP contribution in [0.25, 0.3) is 16.5 Å². The van der Waals surface area contributed by atoms with Gasteiger partial charge in [-0.15, -0.1) is 0 Å². The summed E-state index contributed by atoms with van der Waals surface area (Å²) in [6, 6.07) is 16.5. The molecular formula is C20H17N5O2S2. The normalized spacial score (nSPS) is 14.8. The quantitative estimate of drug-likeness (QED) is 0.225. The average Bonchev–Trinajstić information content (AvgIpc) is 2.97. The Bertz CT molecular complexity index is 1010. The van der Waals surface area contributed by atoms with Crippen LogP contribution in [0.3, 0.4) is 0 Å². The van der Waals surface area contributed by atoms with Crippen LogP contribution in [-0.4, -0.2) is 39.5 Å². The molecule has 1 saturated heterocycles. The number of carbonyl (C=O) groups is 2. The third-order valence-corrected chi connectivity index (χ3v) is 5.58. The minimum Gasteiger partial charge on any atom is -0.340 e. The number of benzene rings is 2. The van der Waals surface area contributed by atoms with Crippen molar-refractivity contribution in [1.29, 1.82) is 0 Å². The van der Waals surface area contributed by atoms with E-state index in [1.165, 1.54) is 4.90 Å². The van der Waals surface area contributed by atoms with E-state index in [-0.39, 0.29) is 18.4 Å². The highest BCUT2D eigenvalue weighted by molar-refractivity contribution is 8.26. The van der Waals surface area contributed by atoms with Gasteiger partial charge in [0.1, 0.15) is 10.9 Å². The van der Waals surface area contributed by atoms with Crippen LogP contribution in [0.1, 0.15) is 11.1 Å². The maximum Gasteiger partial charge on any atom is 0.266 e. The lowest BCUT2D eigenvalue weighted by Crippen LogP contribution is -2.40. The summed E-state index contributed by atoms with van der Waals surface area (Å²) < 4.78 is 0.355. The molecule has 0 aliphatic carbocycles. The molecule has 0 bridgehead atoms. The van der Waals surface area contributed by atoms with Crippen molar-refractivity contribution >= 4 is 51.9 Å². The van der Waals surface area contributed by atoms with Crippen molar-refractivity contribution in [1.82, 2.24) is 9.80 Å². The standard InChI is InChI=1S/C20H17N5O2S2/c1-24(12-15-5-3-2-4-6-15)18(26)13-25-19(27)17(29-20(25)28)11-14-7-9-16(10-8-14)22-23-21/h2-11H,12-13H2,1H3. The molecule has 146 valence electrons. The zero-order chi connectivity index (χ0) is 20.8. The Morgan fingerprint density at radius 1 is 1.24 bits per heavy atom. The molecule has 0 saturated carbocycles. The summed E-state index contributed by atoms with van der Waals surface area (Å²) in [6.07, 6.45) is 1.71. The highest BCUT2D eigenvalue weighted by Gasteiger charge is 2.34. The molecule has 0 atom stereocenters. The number of carbonyl (C=O) groups excluding carboxylic acids is 2. The molecule has 1 aliphatic heterocycles. The predicted octanol–water partition coefficient (Wildman–Crippen LogP) is 4.49. The van der Waals surface area contributed by atoms with Gasteiger partial charge >= 0.3 is 0 Å². The molecule has 1 heterocycles. The molecule has 2 aromatic carbocycles. The van der Waals surface area contributed by atoms with Gasteiger partial charge in [0.05, 0.1) is 4.91 Å². The Labute approximate surface area is 177 Å². The van der Waals surface area contributed by atoms with Crippen molar-refractivity contribution in [2.75, 3.05) is 13.6 Å². The van der Waals surface area contributed by atoms with Gasteiger partial charge in [0.2, 0.25) is 5.91 Å². The van der Waals surface area contributed by atoms with Crippen molar-refractivity contribution in [3.8, 4) is 0 Å². The van der Waals surface area contributed by atoms with Crippen LogP contribution >= 0.6 is 24.0 Å². The predicted molar refractivity (Wildman–Crippen MR) is 118 cm³/mol. The highest BCUT2D eigenvalue weighted by Crippen LogP contribution is 2.32. The molecular weight excluding hydrogens is 406 g/mol. The van der Waals surface area contributed by atoms with E-state index in [1.54, 1.807) is 42.3 Å². The smallest absolute Gasteiger partial charge is 0.266 e. The van der Waals surface area contributed by atoms with E-state index in [9.17, 15) is 9.59 Å². The number of nitrogens with zero attached hydrogens (tertiary/aromatic N) is 5. The maximum absolute atomic E-state index is 12.7. The van der Waals surface area contributed by atoms with E-state index in [0.717, 1.165) is 22.9 Å². The van der Waals surface area contributed by atoms with Gasteiger partial charge in [-0.1, -0.05) is 83.7 Å². The van der Waals surface area contributed by atoms with Gasteiger partial charge in [-0.05, 0) is 22.7 Å². The Balaban J connectivity index is 1.66. The number of thiocarbonyl (C=S) groups is 1. The molecule has 3 rings (SSSR count). The summed E-state index contributed by atoms with van der Waals surface area (Å²) in [5.41, 5.74) is 10.7. The van der Waals surface area contributed by atoms with Crippen molar-refractivity contribution in [2.24, 2.45) is 5.11 Å². The first-order chi connectivity index (χ1) is 14.0. The highest BCUT2D eigenvalue weighted by atomic mass is 32.2. The van der Waals surface area contributed by atoms with Crippen LogP contribution in [0.15, 0.2) is 64.6 Å². The second-order valence-corrected chi connectivity index (χ2v) is 7.96. The molecule has 0 aromatic heterocycles. The van der Waals surface area contributed by atoms with E-state index < -0.39 is 0 Å². The largest absolute Gasteiger partial charge is 0.340 e. The lowest BCUT2D eigenvalue weighted by Gasteiger charge is -2.21. The fourth-order valence-corrected chi connectivity index (χ4v) is 3.93. The third-order valence-electron chi connectivity index (χ3n) is 4.21. The van der Waals surface area contributed by atoms with E-state index in [4.69, 9.17) is 17.7 Å². The van der Waals surface area contributed by atoms with E-state index in [0.29, 0.717) is 21.5 Å². The first-order valence-electron chi connectivity index (χ1n) is 8.66. The van der Waals surface area contributed by atoms with Crippen LogP contribution in [0, 0.1) is 0 Å². The van der Waals surface area contributed by atoms with Crippen LogP contribution in [0.4, 0.5) is 5.69 Å². The van der Waals surface area contributed by atoms with Crippen LogP contribution in [0.5, 0.6) is 0 Å². The minimum absolute atomic E-state index is 0.0961. The second-order valence-electron chi connectivity index (χ2n) is 6.28. The van der Waals surface area contributed by atoms with Gasteiger partial charge < -0.3 is 4.90 Å². The van der Waals surface area contributed by atoms with E-state index >= 15 is 0 Å². The Hall–Kier alpha value is -3.13. The number of hydrogen-bond acceptors (Lipinski definition) is 5. The van der Waals surface area contributed by atoms with Gasteiger partial charge in [-0.2, -0.15) is 0 Å². The summed E-state index contributed by atoms with van der Waals surface area (Å²) in [6.45, 7) is 0.364. The van der Waals surface area contributed by atoms with Crippen molar-refractivity contribution in [3.63, 3.8) is 0 Å². The molecule has 7 nitrogen and oxygen atoms in total. The Morgan fingerprint density at radius 2 is 1.93 bits per heavy atom. The number of azide groups is 1. The number of rotatable bonds is 6. The van der Waals surface area contributed by atoms with Gasteiger partial charge in [-0.25, -0.2) is 0 Å². The third kappa shape index (κ3) is 5.23. The summed E-state index contributed by atoms with van der Waals surface area (Å²) in [4.78, 5) is 31.4. The lowest BCUT2D eigenvalue weighted by atomic mass is 10.2. The monoisotopic (exact) mass is 423 g/mol. The van der Waals surface area contributed by atoms with Gasteiger partial charge in [0.15, 0.2) is 0 Å². The van der Waals surface area contributed by atoms with Crippen LogP contribution in [0.2, 0.25) is 0 Å². The molecule has 29 heavy (non-hydrogen) atoms. The van der Waals surface area contributed by atoms with Crippen LogP contribution < -0.4 is 0 Å². The molecule has 2 aromatic rings. The van der Waals surface area contributed by atoms with Gasteiger partial charge in [-0.3, -0.25) is 14.5 Å². The second kappa shape index (κ2) is 9.38. The zero-order valence-corrected chi connectivity index (χ0v) is 17.2. The topological polar surface area (TPSA) is 89.4 Å². The molecule has 0 unspecified atom stereocenters. The Kier molecular flexibility index (Phi) is 6.66. The molecule has 1 fully saturated rings. The van der Waals surface area contributed by atoms with E-state index in [2.05, 4.69) is 10.0 Å². The molecule has 0 N–H and O–H groups in total. The summed E-state index contributed by atoms with van der Waals surface area (Å²) in [5.74, 6) is -0.481. The first kappa shape index (κ1) is 20.6. The first-order valence-corrected chi connectivity index (χ1v) is 9.89.